The Morgan fingerprint density at radius 1 is 1.22 bits per heavy atom. The molecule has 0 radical (unpaired) electrons. The molecule has 2 N–H and O–H groups in total. The molecular formula is C17H24N2O4. The lowest BCUT2D eigenvalue weighted by molar-refractivity contribution is -0.132. The molecule has 2 rings (SSSR count). The fraction of sp³-hybridized carbons (Fsp3) is 0.529. The van der Waals surface area contributed by atoms with Crippen LogP contribution in [0.1, 0.15) is 32.8 Å². The molecule has 0 spiro atoms. The van der Waals surface area contributed by atoms with Crippen LogP contribution in [0, 0.1) is 5.92 Å². The van der Waals surface area contributed by atoms with E-state index in [4.69, 9.17) is 9.47 Å². The van der Waals surface area contributed by atoms with Gasteiger partial charge in [-0.1, -0.05) is 32.9 Å². The van der Waals surface area contributed by atoms with E-state index in [9.17, 15) is 9.59 Å². The van der Waals surface area contributed by atoms with Gasteiger partial charge in [0.15, 0.2) is 6.61 Å². The normalized spacial score (nSPS) is 17.6. The maximum absolute atomic E-state index is 11.7. The van der Waals surface area contributed by atoms with Crippen LogP contribution in [0.2, 0.25) is 0 Å². The van der Waals surface area contributed by atoms with Crippen molar-refractivity contribution in [3.8, 4) is 5.75 Å². The van der Waals surface area contributed by atoms with Crippen molar-refractivity contribution in [1.29, 1.82) is 0 Å². The molecule has 0 aromatic heterocycles. The highest BCUT2D eigenvalue weighted by atomic mass is 16.5. The van der Waals surface area contributed by atoms with Gasteiger partial charge in [-0.15, -0.1) is 0 Å². The Morgan fingerprint density at radius 2 is 1.91 bits per heavy atom. The second-order valence-electron chi connectivity index (χ2n) is 6.66. The van der Waals surface area contributed by atoms with Gasteiger partial charge in [-0.05, 0) is 29.5 Å². The van der Waals surface area contributed by atoms with Gasteiger partial charge >= 0.3 is 0 Å². The summed E-state index contributed by atoms with van der Waals surface area (Å²) in [5.41, 5.74) is 6.01. The third-order valence-electron chi connectivity index (χ3n) is 3.72. The molecule has 6 nitrogen and oxygen atoms in total. The van der Waals surface area contributed by atoms with Gasteiger partial charge in [0, 0.05) is 6.61 Å². The highest BCUT2D eigenvalue weighted by Crippen LogP contribution is 2.24. The smallest absolute Gasteiger partial charge is 0.276 e. The molecule has 1 aliphatic rings. The van der Waals surface area contributed by atoms with Crippen LogP contribution in [0.15, 0.2) is 24.3 Å². The summed E-state index contributed by atoms with van der Waals surface area (Å²) in [6.45, 7) is 7.23. The average molecular weight is 320 g/mol. The second-order valence-corrected chi connectivity index (χ2v) is 6.66. The first-order valence-corrected chi connectivity index (χ1v) is 7.76. The molecule has 0 aliphatic carbocycles. The predicted octanol–water partition coefficient (Wildman–Crippen LogP) is 1.55. The molecular weight excluding hydrogens is 296 g/mol. The summed E-state index contributed by atoms with van der Waals surface area (Å²) in [5.74, 6) is -0.215. The van der Waals surface area contributed by atoms with Crippen LogP contribution in [0.4, 0.5) is 0 Å². The van der Waals surface area contributed by atoms with E-state index in [1.807, 2.05) is 24.3 Å². The standard InChI is InChI=1S/C17H24N2O4/c1-17(2,3)13-4-6-14(7-5-13)23-11-15(20)18-19-16(21)12-8-9-22-10-12/h4-7,12H,8-11H2,1-3H3,(H,18,20)(H,19,21). The van der Waals surface area contributed by atoms with Gasteiger partial charge in [-0.2, -0.15) is 0 Å². The summed E-state index contributed by atoms with van der Waals surface area (Å²) in [6, 6.07) is 7.63. The molecule has 1 saturated heterocycles. The molecule has 1 aromatic rings. The van der Waals surface area contributed by atoms with E-state index < -0.39 is 5.91 Å². The van der Waals surface area contributed by atoms with E-state index in [0.717, 1.165) is 0 Å². The van der Waals surface area contributed by atoms with Gasteiger partial charge in [0.25, 0.3) is 5.91 Å². The SMILES string of the molecule is CC(C)(C)c1ccc(OCC(=O)NNC(=O)C2CCOC2)cc1. The van der Waals surface area contributed by atoms with Gasteiger partial charge in [-0.25, -0.2) is 0 Å². The summed E-state index contributed by atoms with van der Waals surface area (Å²) in [4.78, 5) is 23.4. The summed E-state index contributed by atoms with van der Waals surface area (Å²) in [7, 11) is 0. The maximum atomic E-state index is 11.7. The van der Waals surface area contributed by atoms with Crippen LogP contribution >= 0.6 is 0 Å². The van der Waals surface area contributed by atoms with Gasteiger partial charge in [0.1, 0.15) is 5.75 Å². The zero-order chi connectivity index (χ0) is 16.9. The number of hydrogen-bond acceptors (Lipinski definition) is 4. The van der Waals surface area contributed by atoms with Crippen LogP contribution < -0.4 is 15.6 Å². The Balaban J connectivity index is 1.72. The predicted molar refractivity (Wildman–Crippen MR) is 85.8 cm³/mol. The summed E-state index contributed by atoms with van der Waals surface area (Å²) >= 11 is 0. The minimum Gasteiger partial charge on any atom is -0.484 e. The van der Waals surface area contributed by atoms with Gasteiger partial charge in [-0.3, -0.25) is 20.4 Å². The van der Waals surface area contributed by atoms with Gasteiger partial charge in [0.2, 0.25) is 5.91 Å². The van der Waals surface area contributed by atoms with Crippen molar-refractivity contribution in [2.75, 3.05) is 19.8 Å². The minimum atomic E-state index is -0.405. The second kappa shape index (κ2) is 7.46. The van der Waals surface area contributed by atoms with Crippen molar-refractivity contribution in [2.24, 2.45) is 5.92 Å². The number of benzene rings is 1. The Bertz CT molecular complexity index is 543. The van der Waals surface area contributed by atoms with Crippen molar-refractivity contribution in [3.63, 3.8) is 0 Å². The van der Waals surface area contributed by atoms with Gasteiger partial charge in [0.05, 0.1) is 12.5 Å². The first-order valence-electron chi connectivity index (χ1n) is 7.76. The molecule has 6 heteroatoms. The van der Waals surface area contributed by atoms with Crippen molar-refractivity contribution >= 4 is 11.8 Å². The molecule has 2 amide bonds. The highest BCUT2D eigenvalue weighted by Gasteiger charge is 2.23. The van der Waals surface area contributed by atoms with E-state index in [0.29, 0.717) is 25.4 Å². The molecule has 0 saturated carbocycles. The Labute approximate surface area is 136 Å². The number of amides is 2. The number of nitrogens with one attached hydrogen (secondary N) is 2. The van der Waals surface area contributed by atoms with Crippen molar-refractivity contribution in [3.05, 3.63) is 29.8 Å². The fourth-order valence-electron chi connectivity index (χ4n) is 2.21. The van der Waals surface area contributed by atoms with Crippen molar-refractivity contribution in [2.45, 2.75) is 32.6 Å². The highest BCUT2D eigenvalue weighted by molar-refractivity contribution is 5.84. The average Bonchev–Trinajstić information content (AvgIpc) is 3.04. The van der Waals surface area contributed by atoms with E-state index in [-0.39, 0.29) is 23.8 Å². The third kappa shape index (κ3) is 5.25. The lowest BCUT2D eigenvalue weighted by atomic mass is 9.87. The van der Waals surface area contributed by atoms with E-state index in [1.54, 1.807) is 0 Å². The Hall–Kier alpha value is -2.08. The quantitative estimate of drug-likeness (QED) is 0.825. The number of carbonyl (C=O) groups is 2. The molecule has 1 aliphatic heterocycles. The van der Waals surface area contributed by atoms with Crippen LogP contribution in [-0.2, 0) is 19.7 Å². The number of ether oxygens (including phenoxy) is 2. The molecule has 126 valence electrons. The monoisotopic (exact) mass is 320 g/mol. The lowest BCUT2D eigenvalue weighted by Gasteiger charge is -2.19. The molecule has 1 unspecified atom stereocenters. The van der Waals surface area contributed by atoms with Crippen LogP contribution in [0.3, 0.4) is 0 Å². The summed E-state index contributed by atoms with van der Waals surface area (Å²) in [5, 5.41) is 0. The van der Waals surface area contributed by atoms with E-state index in [2.05, 4.69) is 31.6 Å². The minimum absolute atomic E-state index is 0.0736. The lowest BCUT2D eigenvalue weighted by Crippen LogP contribution is -2.46. The molecule has 0 bridgehead atoms. The van der Waals surface area contributed by atoms with Crippen LogP contribution in [0.25, 0.3) is 0 Å². The fourth-order valence-corrected chi connectivity index (χ4v) is 2.21. The van der Waals surface area contributed by atoms with Gasteiger partial charge < -0.3 is 9.47 Å². The number of hydrogen-bond donors (Lipinski definition) is 2. The Morgan fingerprint density at radius 3 is 2.48 bits per heavy atom. The summed E-state index contributed by atoms with van der Waals surface area (Å²) < 4.78 is 10.5. The largest absolute Gasteiger partial charge is 0.484 e. The van der Waals surface area contributed by atoms with Crippen LogP contribution in [0.5, 0.6) is 5.75 Å². The zero-order valence-corrected chi connectivity index (χ0v) is 13.8. The Kier molecular flexibility index (Phi) is 5.60. The first kappa shape index (κ1) is 17.3. The zero-order valence-electron chi connectivity index (χ0n) is 13.8. The first-order chi connectivity index (χ1) is 10.9. The number of hydrazine groups is 1. The number of rotatable bonds is 4. The maximum Gasteiger partial charge on any atom is 0.276 e. The van der Waals surface area contributed by atoms with Crippen molar-refractivity contribution < 1.29 is 19.1 Å². The van der Waals surface area contributed by atoms with Crippen LogP contribution in [-0.4, -0.2) is 31.6 Å². The van der Waals surface area contributed by atoms with E-state index >= 15 is 0 Å². The van der Waals surface area contributed by atoms with Crippen molar-refractivity contribution in [1.82, 2.24) is 10.9 Å². The molecule has 1 heterocycles. The summed E-state index contributed by atoms with van der Waals surface area (Å²) in [6.07, 6.45) is 0.679. The molecule has 1 atom stereocenters. The molecule has 23 heavy (non-hydrogen) atoms. The number of carbonyl (C=O) groups excluding carboxylic acids is 2. The molecule has 1 aromatic carbocycles. The van der Waals surface area contributed by atoms with E-state index in [1.165, 1.54) is 5.56 Å². The third-order valence-corrected chi connectivity index (χ3v) is 3.72. The molecule has 1 fully saturated rings. The topological polar surface area (TPSA) is 76.7 Å².